The molecule has 0 saturated carbocycles. The Morgan fingerprint density at radius 3 is 1.03 bits per heavy atom. The first-order chi connectivity index (χ1) is 43.9. The summed E-state index contributed by atoms with van der Waals surface area (Å²) < 4.78 is 8.50. The van der Waals surface area contributed by atoms with E-state index in [0.29, 0.717) is 24.3 Å². The molecular weight excluding hydrogens is 1290 g/mol. The molecule has 0 radical (unpaired) electrons. The molecule has 0 atom stereocenters. The van der Waals surface area contributed by atoms with Gasteiger partial charge in [0.2, 0.25) is 0 Å². The Bertz CT molecular complexity index is 4530. The summed E-state index contributed by atoms with van der Waals surface area (Å²) in [4.78, 5) is 67.0. The van der Waals surface area contributed by atoms with E-state index in [1.54, 1.807) is 0 Å². The van der Waals surface area contributed by atoms with Crippen LogP contribution in [-0.2, 0) is 58.9 Å². The van der Waals surface area contributed by atoms with Crippen LogP contribution in [0.25, 0.3) is 60.8 Å². The molecule has 0 aromatic carbocycles. The summed E-state index contributed by atoms with van der Waals surface area (Å²) in [6, 6.07) is 0. The summed E-state index contributed by atoms with van der Waals surface area (Å²) in [6.07, 6.45) is 24.4. The van der Waals surface area contributed by atoms with Crippen molar-refractivity contribution in [3.05, 3.63) is 208 Å². The molecule has 8 aliphatic rings. The number of carboxylic acids is 4. The zero-order valence-corrected chi connectivity index (χ0v) is 55.5. The second kappa shape index (κ2) is 26.8. The molecule has 0 spiro atoms. The van der Waals surface area contributed by atoms with Crippen molar-refractivity contribution in [2.24, 2.45) is 20.0 Å². The molecule has 4 aromatic rings. The van der Waals surface area contributed by atoms with Gasteiger partial charge in [-0.2, -0.15) is 0 Å². The van der Waals surface area contributed by atoms with Gasteiger partial charge < -0.3 is 23.7 Å². The van der Waals surface area contributed by atoms with Gasteiger partial charge >= 0.3 is 530 Å². The van der Waals surface area contributed by atoms with E-state index in [2.05, 4.69) is 52.8 Å². The van der Waals surface area contributed by atoms with Gasteiger partial charge in [0.25, 0.3) is 0 Å². The van der Waals surface area contributed by atoms with Crippen LogP contribution in [0, 0.1) is 51.4 Å². The average molecular weight is 1360 g/mol. The molecule has 0 saturated heterocycles. The van der Waals surface area contributed by atoms with Crippen molar-refractivity contribution in [2.75, 3.05) is 0 Å². The van der Waals surface area contributed by atoms with E-state index in [0.717, 1.165) is 167 Å². The third-order valence-electron chi connectivity index (χ3n) is 17.3. The summed E-state index contributed by atoms with van der Waals surface area (Å²) in [5.74, 6) is -3.56. The standard InChI is InChI=1S/2C34H34N4O4.2CN.2ClH.2Fe/c2*1-7-21-17(3)25-13-26-19(5)23(9-11-33(39)40)31(37-26)16-32-24(10-12-34(41)42)20(6)28(38-32)15-30-22(8-2)18(4)27(36-30)14-29(21)35-25;2*1-2;;;;/h2*7-8,13-16H,1-2,9-12H2,3-6H3,(H4,35,36,37,38,39,40,41,42);;;2*1H;;/q;;2*-1;;;2*+3/p-6/b2*25-13?,26-13-,27-14-,28-15-,29-14?,30-15?,31-16?,32-16-;;;;;;. The Hall–Kier alpha value is -9.36. The van der Waals surface area contributed by atoms with Crippen molar-refractivity contribution in [1.82, 2.24) is 14.3 Å². The summed E-state index contributed by atoms with van der Waals surface area (Å²) in [6.45, 7) is 42.0. The van der Waals surface area contributed by atoms with Crippen LogP contribution in [0.1, 0.15) is 134 Å². The van der Waals surface area contributed by atoms with Gasteiger partial charge in [-0.05, 0) is 0 Å². The van der Waals surface area contributed by atoms with Crippen molar-refractivity contribution < 1.29 is 66.5 Å². The predicted molar refractivity (Wildman–Crippen MR) is 355 cm³/mol. The van der Waals surface area contributed by atoms with E-state index < -0.39 is 50.7 Å². The van der Waals surface area contributed by atoms with Crippen molar-refractivity contribution in [2.45, 2.75) is 107 Å². The maximum Gasteiger partial charge on any atom is -0.488 e. The molecule has 92 heavy (non-hydrogen) atoms. The third-order valence-corrected chi connectivity index (χ3v) is 23.1. The molecule has 8 aliphatic heterocycles. The van der Waals surface area contributed by atoms with E-state index >= 15 is 0 Å². The summed E-state index contributed by atoms with van der Waals surface area (Å²) in [5, 5.41) is 54.1. The van der Waals surface area contributed by atoms with Crippen LogP contribution in [0.5, 0.6) is 0 Å². The molecule has 0 amide bonds. The van der Waals surface area contributed by atoms with Gasteiger partial charge in [-0.25, -0.2) is 0 Å². The van der Waals surface area contributed by atoms with Gasteiger partial charge in [0, 0.05) is 0 Å². The Kier molecular flexibility index (Phi) is 19.6. The van der Waals surface area contributed by atoms with Gasteiger partial charge in [-0.1, -0.05) is 0 Å². The first-order valence-corrected chi connectivity index (χ1v) is 33.9. The van der Waals surface area contributed by atoms with Gasteiger partial charge in [-0.3, -0.25) is 0 Å². The Balaban J connectivity index is 0.000000206. The Morgan fingerprint density at radius 2 is 0.717 bits per heavy atom. The monoisotopic (exact) mass is 1350 g/mol. The molecule has 4 N–H and O–H groups in total. The smallest absolute Gasteiger partial charge is 0.488 e. The average Bonchev–Trinajstić information content (AvgIpc) is 1.57. The zero-order chi connectivity index (χ0) is 67.2. The fraction of sp³-hybridized carbons (Fsp3) is 0.229. The number of aliphatic carboxylic acids is 4. The molecular formula is C70H64Cl2Fe2N10O8-2. The minimum atomic E-state index is -1.91. The summed E-state index contributed by atoms with van der Waals surface area (Å²) in [5.41, 5.74) is 24.2. The number of carbonyl (C=O) groups is 4. The van der Waals surface area contributed by atoms with Crippen molar-refractivity contribution in [3.8, 4) is 0 Å². The first-order valence-electron chi connectivity index (χ1n) is 28.9. The summed E-state index contributed by atoms with van der Waals surface area (Å²) >= 11 is -3.81. The van der Waals surface area contributed by atoms with Crippen LogP contribution in [0.4, 0.5) is 0 Å². The van der Waals surface area contributed by atoms with Gasteiger partial charge in [0.05, 0.1) is 0 Å². The van der Waals surface area contributed by atoms with Crippen molar-refractivity contribution in [3.63, 3.8) is 0 Å². The quantitative estimate of drug-likeness (QED) is 0.0609. The van der Waals surface area contributed by atoms with Crippen LogP contribution in [0.15, 0.2) is 126 Å². The fourth-order valence-electron chi connectivity index (χ4n) is 12.5. The van der Waals surface area contributed by atoms with E-state index in [9.17, 15) is 39.6 Å². The number of nitrogens with zero attached hydrogens (tertiary/aromatic N) is 10. The van der Waals surface area contributed by atoms with Crippen molar-refractivity contribution >= 4 is 128 Å². The fourth-order valence-corrected chi connectivity index (χ4v) is 18.7. The van der Waals surface area contributed by atoms with E-state index in [1.807, 2.05) is 116 Å². The van der Waals surface area contributed by atoms with E-state index in [4.69, 9.17) is 63.8 Å². The number of aliphatic imine (C=N–C) groups is 4. The van der Waals surface area contributed by atoms with Gasteiger partial charge in [0.15, 0.2) is 0 Å². The molecule has 22 heteroatoms. The second-order valence-corrected chi connectivity index (χ2v) is 27.3. The largest absolute Gasteiger partial charge is 0.512 e. The molecule has 18 nitrogen and oxygen atoms in total. The summed E-state index contributed by atoms with van der Waals surface area (Å²) in [7, 11) is 15.4. The Labute approximate surface area is 549 Å². The molecule has 0 unspecified atom stereocenters. The maximum atomic E-state index is 11.8. The second-order valence-electron chi connectivity index (χ2n) is 22.2. The number of aromatic nitrogens is 4. The molecule has 4 aromatic heterocycles. The third kappa shape index (κ3) is 11.5. The maximum absolute atomic E-state index is 11.8. The number of halogens is 2. The minimum absolute atomic E-state index is 0.0370. The number of allylic oxidation sites excluding steroid dienone is 10. The van der Waals surface area contributed by atoms with Gasteiger partial charge in [0.1, 0.15) is 0 Å². The number of hydrogen-bond donors (Lipinski definition) is 4. The molecule has 0 aliphatic carbocycles. The molecule has 12 heterocycles. The van der Waals surface area contributed by atoms with Crippen LogP contribution in [-0.4, -0.2) is 81.5 Å². The minimum Gasteiger partial charge on any atom is -0.512 e. The molecule has 474 valence electrons. The molecule has 0 fully saturated rings. The van der Waals surface area contributed by atoms with E-state index in [-0.39, 0.29) is 38.5 Å². The predicted octanol–water partition coefficient (Wildman–Crippen LogP) is 11.0. The zero-order valence-electron chi connectivity index (χ0n) is 51.8. The normalized spacial score (nSPS) is 20.4. The van der Waals surface area contributed by atoms with Gasteiger partial charge in [-0.15, -0.1) is 0 Å². The number of fused-ring (bicyclic) bond motifs is 4. The molecule has 12 bridgehead atoms. The van der Waals surface area contributed by atoms with Crippen LogP contribution in [0.2, 0.25) is 0 Å². The number of rotatable bonds is 16. The number of hydrogen-bond acceptors (Lipinski definition) is 10. The topological polar surface area (TPSA) is 266 Å². The van der Waals surface area contributed by atoms with Crippen LogP contribution in [0.3, 0.4) is 0 Å². The first kappa shape index (κ1) is 67.0. The van der Waals surface area contributed by atoms with Crippen molar-refractivity contribution in [1.29, 1.82) is 10.5 Å². The van der Waals surface area contributed by atoms with Crippen LogP contribution >= 0.6 is 20.2 Å². The number of carboxylic acid groups (broad SMARTS) is 4. The Morgan fingerprint density at radius 1 is 0.424 bits per heavy atom. The SMILES string of the molecule is C=CC1=C(C)/C2=C/c3c(C=C)c(C)c4[n]3[Fe]([Cl])[n]3/c(c(C)c(CCC(=O)O)/c3=C/C3=NC(=C\4)/C(C)=C3CCC(=O)O)=C\C1=N2.C=CC1=C(C)/C2=C/c3c(C=C)c(C)c4[n]3[Fe]([Cl])[n]3/c(c(C)c(CCC(=O)O)/c3=C/C3=NC(=C\4)/C(C)=C3CCC(=O)O)=C\C1=N2.[C-]#N.[C-]#N. The molecule has 12 rings (SSSR count). The van der Waals surface area contributed by atoms with Crippen LogP contribution < -0.4 is 21.4 Å². The van der Waals surface area contributed by atoms with E-state index in [1.165, 1.54) is 0 Å².